The van der Waals surface area contributed by atoms with Crippen LogP contribution in [0.15, 0.2) is 24.3 Å². The molecule has 0 aliphatic carbocycles. The van der Waals surface area contributed by atoms with Crippen molar-refractivity contribution < 1.29 is 32.3 Å². The number of fused-ring (bicyclic) bond motifs is 1. The fourth-order valence-corrected chi connectivity index (χ4v) is 1.88. The minimum absolute atomic E-state index is 0.121. The fraction of sp³-hybridized carbons (Fsp3) is 0.333. The lowest BCUT2D eigenvalue weighted by atomic mass is 10.1. The number of aliphatic hydroxyl groups excluding tert-OH is 1. The van der Waals surface area contributed by atoms with Crippen LogP contribution in [0, 0.1) is 0 Å². The number of hydrogen-bond acceptors (Lipinski definition) is 3. The van der Waals surface area contributed by atoms with Gasteiger partial charge in [-0.1, -0.05) is 12.1 Å². The molecule has 1 aliphatic rings. The van der Waals surface area contributed by atoms with Gasteiger partial charge in [0, 0.05) is 0 Å². The molecule has 1 heterocycles. The molecule has 4 unspecified atom stereocenters. The molecule has 0 bridgehead atoms. The van der Waals surface area contributed by atoms with E-state index in [1.165, 1.54) is 24.3 Å². The normalized spacial score (nSPS) is 20.6. The number of carbonyl (C=O) groups is 2. The third-order valence-corrected chi connectivity index (χ3v) is 2.90. The standard InChI is InChI=1S/C12H9F4NO3/c13-7(8(14)10(16)18)9(15)17-11(19)5-3-1-2-4-6(5)12(17)20/h1-4,7-10,18H. The van der Waals surface area contributed by atoms with Gasteiger partial charge in [0.05, 0.1) is 11.1 Å². The van der Waals surface area contributed by atoms with Crippen LogP contribution in [-0.2, 0) is 0 Å². The van der Waals surface area contributed by atoms with Crippen molar-refractivity contribution in [3.8, 4) is 0 Å². The minimum Gasteiger partial charge on any atom is -0.362 e. The van der Waals surface area contributed by atoms with Gasteiger partial charge in [-0.25, -0.2) is 22.5 Å². The van der Waals surface area contributed by atoms with E-state index in [2.05, 4.69) is 0 Å². The van der Waals surface area contributed by atoms with E-state index >= 15 is 0 Å². The van der Waals surface area contributed by atoms with E-state index in [9.17, 15) is 27.2 Å². The lowest BCUT2D eigenvalue weighted by molar-refractivity contribution is -0.0878. The molecule has 0 saturated heterocycles. The first-order valence-corrected chi connectivity index (χ1v) is 5.57. The van der Waals surface area contributed by atoms with Crippen molar-refractivity contribution in [1.82, 2.24) is 4.90 Å². The number of amides is 2. The summed E-state index contributed by atoms with van der Waals surface area (Å²) in [5.74, 6) is -2.28. The summed E-state index contributed by atoms with van der Waals surface area (Å²) in [6.45, 7) is 0. The molecule has 0 fully saturated rings. The molecule has 2 amide bonds. The number of aliphatic hydroxyl groups is 1. The average Bonchev–Trinajstić information content (AvgIpc) is 2.69. The Hall–Kier alpha value is -1.96. The van der Waals surface area contributed by atoms with E-state index < -0.39 is 36.8 Å². The third kappa shape index (κ3) is 2.15. The van der Waals surface area contributed by atoms with Crippen molar-refractivity contribution in [2.45, 2.75) is 25.0 Å². The smallest absolute Gasteiger partial charge is 0.264 e. The van der Waals surface area contributed by atoms with Gasteiger partial charge in [0.1, 0.15) is 0 Å². The predicted molar refractivity (Wildman–Crippen MR) is 58.7 cm³/mol. The highest BCUT2D eigenvalue weighted by Gasteiger charge is 2.47. The maximum absolute atomic E-state index is 13.8. The summed E-state index contributed by atoms with van der Waals surface area (Å²) in [4.78, 5) is 23.4. The Kier molecular flexibility index (Phi) is 3.76. The Bertz CT molecular complexity index is 516. The lowest BCUT2D eigenvalue weighted by Gasteiger charge is -2.24. The number of rotatable bonds is 4. The molecule has 20 heavy (non-hydrogen) atoms. The second-order valence-corrected chi connectivity index (χ2v) is 4.16. The van der Waals surface area contributed by atoms with E-state index in [1.54, 1.807) is 0 Å². The second kappa shape index (κ2) is 5.20. The molecule has 0 spiro atoms. The van der Waals surface area contributed by atoms with E-state index in [0.717, 1.165) is 0 Å². The molecule has 2 rings (SSSR count). The summed E-state index contributed by atoms with van der Waals surface area (Å²) >= 11 is 0. The quantitative estimate of drug-likeness (QED) is 0.520. The zero-order valence-electron chi connectivity index (χ0n) is 9.84. The molecule has 4 atom stereocenters. The molecular formula is C12H9F4NO3. The molecule has 0 radical (unpaired) electrons. The van der Waals surface area contributed by atoms with Crippen LogP contribution in [0.2, 0.25) is 0 Å². The topological polar surface area (TPSA) is 57.6 Å². The molecule has 1 aliphatic heterocycles. The van der Waals surface area contributed by atoms with Crippen LogP contribution in [0.3, 0.4) is 0 Å². The maximum atomic E-state index is 13.8. The van der Waals surface area contributed by atoms with E-state index in [1.807, 2.05) is 0 Å². The first kappa shape index (κ1) is 14.4. The molecular weight excluding hydrogens is 282 g/mol. The summed E-state index contributed by atoms with van der Waals surface area (Å²) in [6, 6.07) is 5.28. The Labute approximate surface area is 110 Å². The Morgan fingerprint density at radius 2 is 1.35 bits per heavy atom. The van der Waals surface area contributed by atoms with Gasteiger partial charge in [-0.3, -0.25) is 9.59 Å². The van der Waals surface area contributed by atoms with Crippen molar-refractivity contribution in [2.24, 2.45) is 0 Å². The second-order valence-electron chi connectivity index (χ2n) is 4.16. The van der Waals surface area contributed by atoms with Gasteiger partial charge in [0.15, 0.2) is 12.3 Å². The Morgan fingerprint density at radius 1 is 0.900 bits per heavy atom. The SMILES string of the molecule is O=C1c2ccccc2C(=O)N1C(F)C(F)C(F)C(O)F. The monoisotopic (exact) mass is 291 g/mol. The van der Waals surface area contributed by atoms with Gasteiger partial charge in [-0.15, -0.1) is 0 Å². The average molecular weight is 291 g/mol. The number of carbonyl (C=O) groups excluding carboxylic acids is 2. The Morgan fingerprint density at radius 3 is 1.75 bits per heavy atom. The molecule has 0 aromatic heterocycles. The number of halogens is 4. The summed E-state index contributed by atoms with van der Waals surface area (Å²) < 4.78 is 52.3. The summed E-state index contributed by atoms with van der Waals surface area (Å²) in [6.07, 6.45) is -12.7. The molecule has 0 saturated carbocycles. The Balaban J connectivity index is 2.27. The van der Waals surface area contributed by atoms with Crippen LogP contribution < -0.4 is 0 Å². The zero-order chi connectivity index (χ0) is 15.0. The first-order valence-electron chi connectivity index (χ1n) is 5.57. The predicted octanol–water partition coefficient (Wildman–Crippen LogP) is 1.54. The highest BCUT2D eigenvalue weighted by atomic mass is 19.2. The van der Waals surface area contributed by atoms with E-state index in [4.69, 9.17) is 5.11 Å². The van der Waals surface area contributed by atoms with Crippen LogP contribution >= 0.6 is 0 Å². The van der Waals surface area contributed by atoms with Crippen molar-refractivity contribution in [3.63, 3.8) is 0 Å². The van der Waals surface area contributed by atoms with Crippen LogP contribution in [0.5, 0.6) is 0 Å². The van der Waals surface area contributed by atoms with E-state index in [0.29, 0.717) is 0 Å². The number of imide groups is 1. The molecule has 1 aromatic rings. The van der Waals surface area contributed by atoms with Crippen LogP contribution in [0.4, 0.5) is 17.6 Å². The lowest BCUT2D eigenvalue weighted by Crippen LogP contribution is -2.47. The number of hydrogen-bond donors (Lipinski definition) is 1. The van der Waals surface area contributed by atoms with E-state index in [-0.39, 0.29) is 16.0 Å². The third-order valence-electron chi connectivity index (χ3n) is 2.90. The summed E-state index contributed by atoms with van der Waals surface area (Å²) in [5.41, 5.74) is -0.299. The van der Waals surface area contributed by atoms with Crippen molar-refractivity contribution in [2.75, 3.05) is 0 Å². The van der Waals surface area contributed by atoms with Gasteiger partial charge in [0.25, 0.3) is 11.8 Å². The van der Waals surface area contributed by atoms with Gasteiger partial charge in [0.2, 0.25) is 12.7 Å². The first-order chi connectivity index (χ1) is 9.36. The highest BCUT2D eigenvalue weighted by molar-refractivity contribution is 6.21. The summed E-state index contributed by atoms with van der Waals surface area (Å²) in [7, 11) is 0. The number of benzene rings is 1. The van der Waals surface area contributed by atoms with Gasteiger partial charge >= 0.3 is 0 Å². The summed E-state index contributed by atoms with van der Waals surface area (Å²) in [5, 5.41) is 8.25. The van der Waals surface area contributed by atoms with Crippen LogP contribution in [-0.4, -0.2) is 46.8 Å². The highest BCUT2D eigenvalue weighted by Crippen LogP contribution is 2.28. The fourth-order valence-electron chi connectivity index (χ4n) is 1.88. The largest absolute Gasteiger partial charge is 0.362 e. The van der Waals surface area contributed by atoms with Gasteiger partial charge in [-0.05, 0) is 12.1 Å². The van der Waals surface area contributed by atoms with Gasteiger partial charge < -0.3 is 5.11 Å². The molecule has 1 aromatic carbocycles. The van der Waals surface area contributed by atoms with Crippen LogP contribution in [0.25, 0.3) is 0 Å². The zero-order valence-corrected chi connectivity index (χ0v) is 9.84. The molecule has 8 heteroatoms. The minimum atomic E-state index is -3.25. The molecule has 1 N–H and O–H groups in total. The van der Waals surface area contributed by atoms with Crippen molar-refractivity contribution in [1.29, 1.82) is 0 Å². The maximum Gasteiger partial charge on any atom is 0.264 e. The number of alkyl halides is 4. The molecule has 108 valence electrons. The van der Waals surface area contributed by atoms with Crippen LogP contribution in [0.1, 0.15) is 20.7 Å². The molecule has 4 nitrogen and oxygen atoms in total. The number of nitrogens with zero attached hydrogens (tertiary/aromatic N) is 1. The van der Waals surface area contributed by atoms with Crippen molar-refractivity contribution in [3.05, 3.63) is 35.4 Å². The van der Waals surface area contributed by atoms with Gasteiger partial charge in [-0.2, -0.15) is 0 Å². The van der Waals surface area contributed by atoms with Crippen molar-refractivity contribution >= 4 is 11.8 Å².